The Balaban J connectivity index is 4.06. The third-order valence-electron chi connectivity index (χ3n) is 2.63. The summed E-state index contributed by atoms with van der Waals surface area (Å²) in [6, 6.07) is -0.782. The second-order valence-electron chi connectivity index (χ2n) is 3.96. The Bertz CT molecular complexity index is 231. The minimum Gasteiger partial charge on any atom is -0.370 e. The fourth-order valence-corrected chi connectivity index (χ4v) is 1.14. The van der Waals surface area contributed by atoms with E-state index in [1.807, 2.05) is 13.8 Å². The van der Waals surface area contributed by atoms with Crippen molar-refractivity contribution in [3.63, 3.8) is 0 Å². The van der Waals surface area contributed by atoms with Gasteiger partial charge in [-0.15, -0.1) is 0 Å². The number of amides is 2. The maximum Gasteiger partial charge on any atom is 0.237 e. The van der Waals surface area contributed by atoms with Crippen LogP contribution in [0.2, 0.25) is 0 Å². The predicted molar refractivity (Wildman–Crippen MR) is 58.8 cm³/mol. The van der Waals surface area contributed by atoms with E-state index < -0.39 is 11.9 Å². The number of nitrogens with two attached hydrogens (primary N) is 2. The van der Waals surface area contributed by atoms with Gasteiger partial charge in [0.15, 0.2) is 0 Å². The van der Waals surface area contributed by atoms with Crippen LogP contribution in [0, 0.1) is 5.92 Å². The molecular formula is C10H21N3O2. The first kappa shape index (κ1) is 13.9. The summed E-state index contributed by atoms with van der Waals surface area (Å²) in [5.74, 6) is -0.495. The molecule has 0 aliphatic heterocycles. The summed E-state index contributed by atoms with van der Waals surface area (Å²) < 4.78 is 0. The van der Waals surface area contributed by atoms with Crippen LogP contribution in [0.25, 0.3) is 0 Å². The molecule has 3 atom stereocenters. The minimum absolute atomic E-state index is 0.0569. The summed E-state index contributed by atoms with van der Waals surface area (Å²) in [5.41, 5.74) is 10.4. The second-order valence-corrected chi connectivity index (χ2v) is 3.96. The van der Waals surface area contributed by atoms with Gasteiger partial charge in [-0.2, -0.15) is 0 Å². The Morgan fingerprint density at radius 1 is 1.33 bits per heavy atom. The van der Waals surface area contributed by atoms with E-state index >= 15 is 0 Å². The molecule has 0 saturated heterocycles. The Kier molecular flexibility index (Phi) is 5.93. The lowest BCUT2D eigenvalue weighted by atomic mass is 10.0. The number of rotatable bonds is 6. The molecule has 0 aromatic heterocycles. The summed E-state index contributed by atoms with van der Waals surface area (Å²) in [5, 5.41) is 2.76. The van der Waals surface area contributed by atoms with E-state index in [0.29, 0.717) is 5.92 Å². The first-order valence-corrected chi connectivity index (χ1v) is 5.22. The van der Waals surface area contributed by atoms with Crippen LogP contribution in [-0.2, 0) is 9.59 Å². The number of carbonyl (C=O) groups excluding carboxylic acids is 2. The SMILES string of the molecule is CCC(C)C(C)NC(=O)C(N)CC(N)=O. The van der Waals surface area contributed by atoms with E-state index in [9.17, 15) is 9.59 Å². The fourth-order valence-electron chi connectivity index (χ4n) is 1.14. The van der Waals surface area contributed by atoms with Gasteiger partial charge in [0.2, 0.25) is 11.8 Å². The zero-order chi connectivity index (χ0) is 12.0. The molecule has 5 nitrogen and oxygen atoms in total. The van der Waals surface area contributed by atoms with Gasteiger partial charge in [0.1, 0.15) is 0 Å². The highest BCUT2D eigenvalue weighted by Gasteiger charge is 2.19. The van der Waals surface area contributed by atoms with Gasteiger partial charge in [-0.25, -0.2) is 0 Å². The van der Waals surface area contributed by atoms with Crippen LogP contribution in [0.5, 0.6) is 0 Å². The summed E-state index contributed by atoms with van der Waals surface area (Å²) in [6.07, 6.45) is 0.867. The summed E-state index contributed by atoms with van der Waals surface area (Å²) >= 11 is 0. The van der Waals surface area contributed by atoms with E-state index in [4.69, 9.17) is 11.5 Å². The molecule has 0 rings (SSSR count). The molecule has 0 saturated carbocycles. The van der Waals surface area contributed by atoms with Gasteiger partial charge in [-0.3, -0.25) is 9.59 Å². The summed E-state index contributed by atoms with van der Waals surface area (Å²) in [4.78, 5) is 22.0. The molecule has 0 spiro atoms. The molecule has 5 heteroatoms. The van der Waals surface area contributed by atoms with Gasteiger partial charge in [-0.05, 0) is 12.8 Å². The number of hydrogen-bond donors (Lipinski definition) is 3. The highest BCUT2D eigenvalue weighted by Crippen LogP contribution is 2.06. The Hall–Kier alpha value is -1.10. The third kappa shape index (κ3) is 5.37. The maximum absolute atomic E-state index is 11.5. The minimum atomic E-state index is -0.839. The summed E-state index contributed by atoms with van der Waals surface area (Å²) in [7, 11) is 0. The van der Waals surface area contributed by atoms with Crippen LogP contribution >= 0.6 is 0 Å². The number of primary amides is 1. The zero-order valence-electron chi connectivity index (χ0n) is 9.62. The average molecular weight is 215 g/mol. The van der Waals surface area contributed by atoms with Gasteiger partial charge < -0.3 is 16.8 Å². The summed E-state index contributed by atoms with van der Waals surface area (Å²) in [6.45, 7) is 6.02. The molecule has 0 bridgehead atoms. The Morgan fingerprint density at radius 2 is 1.87 bits per heavy atom. The molecule has 0 aliphatic carbocycles. The van der Waals surface area contributed by atoms with Gasteiger partial charge in [0.05, 0.1) is 12.5 Å². The monoisotopic (exact) mass is 215 g/mol. The molecule has 15 heavy (non-hydrogen) atoms. The normalized spacial score (nSPS) is 16.5. The van der Waals surface area contributed by atoms with Gasteiger partial charge in [-0.1, -0.05) is 20.3 Å². The van der Waals surface area contributed by atoms with Crippen LogP contribution in [0.4, 0.5) is 0 Å². The van der Waals surface area contributed by atoms with Crippen molar-refractivity contribution in [1.82, 2.24) is 5.32 Å². The Morgan fingerprint density at radius 3 is 2.27 bits per heavy atom. The predicted octanol–water partition coefficient (Wildman–Crippen LogP) is -0.260. The average Bonchev–Trinajstić information content (AvgIpc) is 2.15. The molecule has 0 fully saturated rings. The second kappa shape index (κ2) is 6.40. The smallest absolute Gasteiger partial charge is 0.237 e. The van der Waals surface area contributed by atoms with Crippen molar-refractivity contribution in [3.05, 3.63) is 0 Å². The van der Waals surface area contributed by atoms with E-state index in [0.717, 1.165) is 6.42 Å². The standard InChI is InChI=1S/C10H21N3O2/c1-4-6(2)7(3)13-10(15)8(11)5-9(12)14/h6-8H,4-5,11H2,1-3H3,(H2,12,14)(H,13,15). The molecule has 0 aromatic rings. The zero-order valence-corrected chi connectivity index (χ0v) is 9.62. The first-order chi connectivity index (χ1) is 6.88. The van der Waals surface area contributed by atoms with Crippen LogP contribution < -0.4 is 16.8 Å². The van der Waals surface area contributed by atoms with Crippen LogP contribution in [-0.4, -0.2) is 23.9 Å². The highest BCUT2D eigenvalue weighted by atomic mass is 16.2. The van der Waals surface area contributed by atoms with Crippen LogP contribution in [0.15, 0.2) is 0 Å². The number of hydrogen-bond acceptors (Lipinski definition) is 3. The van der Waals surface area contributed by atoms with Crippen molar-refractivity contribution >= 4 is 11.8 Å². The van der Waals surface area contributed by atoms with Crippen molar-refractivity contribution in [1.29, 1.82) is 0 Å². The van der Waals surface area contributed by atoms with Gasteiger partial charge >= 0.3 is 0 Å². The topological polar surface area (TPSA) is 98.2 Å². The largest absolute Gasteiger partial charge is 0.370 e. The maximum atomic E-state index is 11.5. The molecule has 2 amide bonds. The van der Waals surface area contributed by atoms with E-state index in [1.54, 1.807) is 0 Å². The molecule has 5 N–H and O–H groups in total. The van der Waals surface area contributed by atoms with E-state index in [1.165, 1.54) is 0 Å². The lowest BCUT2D eigenvalue weighted by Gasteiger charge is -2.21. The lowest BCUT2D eigenvalue weighted by Crippen LogP contribution is -2.47. The van der Waals surface area contributed by atoms with E-state index in [2.05, 4.69) is 12.2 Å². The van der Waals surface area contributed by atoms with Crippen LogP contribution in [0.3, 0.4) is 0 Å². The highest BCUT2D eigenvalue weighted by molar-refractivity contribution is 5.87. The van der Waals surface area contributed by atoms with E-state index in [-0.39, 0.29) is 18.4 Å². The molecular weight excluding hydrogens is 194 g/mol. The van der Waals surface area contributed by atoms with Crippen LogP contribution in [0.1, 0.15) is 33.6 Å². The molecule has 0 aromatic carbocycles. The van der Waals surface area contributed by atoms with Gasteiger partial charge in [0, 0.05) is 6.04 Å². The number of nitrogens with one attached hydrogen (secondary N) is 1. The fraction of sp³-hybridized carbons (Fsp3) is 0.800. The van der Waals surface area contributed by atoms with Crippen molar-refractivity contribution in [2.45, 2.75) is 45.7 Å². The number of carbonyl (C=O) groups is 2. The van der Waals surface area contributed by atoms with Crippen molar-refractivity contribution in [2.75, 3.05) is 0 Å². The van der Waals surface area contributed by atoms with Gasteiger partial charge in [0.25, 0.3) is 0 Å². The lowest BCUT2D eigenvalue weighted by molar-refractivity contribution is -0.127. The Labute approximate surface area is 90.6 Å². The molecule has 88 valence electrons. The molecule has 3 unspecified atom stereocenters. The van der Waals surface area contributed by atoms with Crippen molar-refractivity contribution < 1.29 is 9.59 Å². The quantitative estimate of drug-likeness (QED) is 0.569. The third-order valence-corrected chi connectivity index (χ3v) is 2.63. The molecule has 0 radical (unpaired) electrons. The van der Waals surface area contributed by atoms with Crippen molar-refractivity contribution in [3.8, 4) is 0 Å². The molecule has 0 aliphatic rings. The molecule has 0 heterocycles. The van der Waals surface area contributed by atoms with Crippen molar-refractivity contribution in [2.24, 2.45) is 17.4 Å². The first-order valence-electron chi connectivity index (χ1n) is 5.22.